The van der Waals surface area contributed by atoms with Crippen molar-refractivity contribution in [2.45, 2.75) is 6.61 Å². The fourth-order valence-corrected chi connectivity index (χ4v) is 3.22. The lowest BCUT2D eigenvalue weighted by molar-refractivity contribution is -0.139. The molecule has 4 rings (SSSR count). The topological polar surface area (TPSA) is 103 Å². The molecule has 0 unspecified atom stereocenters. The van der Waals surface area contributed by atoms with Crippen LogP contribution in [0.5, 0.6) is 0 Å². The number of hydrogen-bond donors (Lipinski definition) is 2. The first-order valence-electron chi connectivity index (χ1n) is 9.38. The molecule has 8 nitrogen and oxygen atoms in total. The molecule has 0 aliphatic carbocycles. The molecule has 0 bridgehead atoms. The minimum absolute atomic E-state index is 0.00513. The Hall–Kier alpha value is -3.70. The number of ether oxygens (including phenoxy) is 1. The third-order valence-electron chi connectivity index (χ3n) is 4.67. The van der Waals surface area contributed by atoms with Crippen LogP contribution in [-0.4, -0.2) is 47.9 Å². The molecule has 0 atom stereocenters. The summed E-state index contributed by atoms with van der Waals surface area (Å²) in [5, 5.41) is 16.3. The molecule has 0 radical (unpaired) electrons. The highest BCUT2D eigenvalue weighted by Gasteiger charge is 2.29. The third kappa shape index (κ3) is 4.10. The lowest BCUT2D eigenvalue weighted by atomic mass is 10.1. The Kier molecular flexibility index (Phi) is 5.49. The van der Waals surface area contributed by atoms with Gasteiger partial charge in [0.15, 0.2) is 11.4 Å². The average molecular weight is 388 g/mol. The van der Waals surface area contributed by atoms with Crippen LogP contribution in [0.3, 0.4) is 0 Å². The van der Waals surface area contributed by atoms with E-state index in [1.807, 2.05) is 36.4 Å². The quantitative estimate of drug-likeness (QED) is 0.471. The SMILES string of the molecule is N#CC(C(=O)OCc1ccccn1)=C1Nc2ccccc2N=C1N1CCNCC1. The van der Waals surface area contributed by atoms with Gasteiger partial charge in [0, 0.05) is 32.4 Å². The number of anilines is 1. The first-order valence-corrected chi connectivity index (χ1v) is 9.38. The van der Waals surface area contributed by atoms with E-state index in [1.54, 1.807) is 18.3 Å². The maximum absolute atomic E-state index is 12.7. The van der Waals surface area contributed by atoms with E-state index in [1.165, 1.54) is 0 Å². The van der Waals surface area contributed by atoms with Gasteiger partial charge in [-0.3, -0.25) is 4.98 Å². The van der Waals surface area contributed by atoms with Gasteiger partial charge in [0.25, 0.3) is 0 Å². The molecular weight excluding hydrogens is 368 g/mol. The largest absolute Gasteiger partial charge is 0.455 e. The number of rotatable bonds is 3. The second kappa shape index (κ2) is 8.54. The minimum atomic E-state index is -0.706. The van der Waals surface area contributed by atoms with Gasteiger partial charge in [-0.2, -0.15) is 5.26 Å². The van der Waals surface area contributed by atoms with E-state index in [0.717, 1.165) is 37.6 Å². The van der Waals surface area contributed by atoms with Gasteiger partial charge in [-0.25, -0.2) is 9.79 Å². The van der Waals surface area contributed by atoms with E-state index in [2.05, 4.69) is 20.5 Å². The zero-order valence-electron chi connectivity index (χ0n) is 15.8. The smallest absolute Gasteiger partial charge is 0.351 e. The molecule has 1 saturated heterocycles. The molecule has 0 saturated carbocycles. The van der Waals surface area contributed by atoms with Gasteiger partial charge in [0.2, 0.25) is 0 Å². The lowest BCUT2D eigenvalue weighted by Crippen LogP contribution is -2.48. The van der Waals surface area contributed by atoms with Crippen LogP contribution in [0.2, 0.25) is 0 Å². The number of nitriles is 1. The molecular formula is C21H20N6O2. The summed E-state index contributed by atoms with van der Waals surface area (Å²) in [6, 6.07) is 14.9. The number of piperazine rings is 1. The monoisotopic (exact) mass is 388 g/mol. The average Bonchev–Trinajstić information content (AvgIpc) is 2.79. The molecule has 1 aromatic carbocycles. The van der Waals surface area contributed by atoms with E-state index in [9.17, 15) is 10.1 Å². The van der Waals surface area contributed by atoms with Gasteiger partial charge in [-0.05, 0) is 24.3 Å². The lowest BCUT2D eigenvalue weighted by Gasteiger charge is -2.34. The molecule has 0 amide bonds. The predicted molar refractivity (Wildman–Crippen MR) is 108 cm³/mol. The number of fused-ring (bicyclic) bond motifs is 1. The molecule has 29 heavy (non-hydrogen) atoms. The number of nitrogens with one attached hydrogen (secondary N) is 2. The maximum Gasteiger partial charge on any atom is 0.351 e. The first-order chi connectivity index (χ1) is 14.3. The Balaban J connectivity index is 1.67. The number of aromatic nitrogens is 1. The van der Waals surface area contributed by atoms with Gasteiger partial charge in [-0.1, -0.05) is 18.2 Å². The van der Waals surface area contributed by atoms with Crippen molar-refractivity contribution in [1.29, 1.82) is 5.26 Å². The van der Waals surface area contributed by atoms with Gasteiger partial charge < -0.3 is 20.3 Å². The number of para-hydroxylation sites is 2. The number of esters is 1. The first kappa shape index (κ1) is 18.7. The van der Waals surface area contributed by atoms with Crippen molar-refractivity contribution in [2.75, 3.05) is 31.5 Å². The van der Waals surface area contributed by atoms with Crippen LogP contribution in [0.1, 0.15) is 5.69 Å². The van der Waals surface area contributed by atoms with Gasteiger partial charge in [0.05, 0.1) is 17.1 Å². The highest BCUT2D eigenvalue weighted by atomic mass is 16.5. The summed E-state index contributed by atoms with van der Waals surface area (Å²) >= 11 is 0. The number of benzene rings is 1. The van der Waals surface area contributed by atoms with Crippen molar-refractivity contribution >= 4 is 23.2 Å². The van der Waals surface area contributed by atoms with E-state index in [-0.39, 0.29) is 12.2 Å². The number of aliphatic imine (C=N–C) groups is 1. The standard InChI is InChI=1S/C21H20N6O2/c22-13-16(21(28)29-14-15-5-3-4-8-24-15)19-20(27-11-9-23-10-12-27)26-18-7-2-1-6-17(18)25-19/h1-8,23,25H,9-12,14H2. The number of carbonyl (C=O) groups excluding carboxylic acids is 1. The van der Waals surface area contributed by atoms with Gasteiger partial charge in [0.1, 0.15) is 18.4 Å². The summed E-state index contributed by atoms with van der Waals surface area (Å²) in [6.45, 7) is 3.07. The third-order valence-corrected chi connectivity index (χ3v) is 4.67. The molecule has 146 valence electrons. The molecule has 3 heterocycles. The zero-order chi connectivity index (χ0) is 20.1. The van der Waals surface area contributed by atoms with Crippen molar-refractivity contribution in [1.82, 2.24) is 15.2 Å². The van der Waals surface area contributed by atoms with E-state index < -0.39 is 5.97 Å². The zero-order valence-corrected chi connectivity index (χ0v) is 15.8. The van der Waals surface area contributed by atoms with Crippen LogP contribution < -0.4 is 10.6 Å². The number of amidine groups is 1. The second-order valence-corrected chi connectivity index (χ2v) is 6.57. The van der Waals surface area contributed by atoms with Crippen LogP contribution in [0.15, 0.2) is 64.9 Å². The summed E-state index contributed by atoms with van der Waals surface area (Å²) in [7, 11) is 0. The summed E-state index contributed by atoms with van der Waals surface area (Å²) in [4.78, 5) is 23.7. The molecule has 8 heteroatoms. The van der Waals surface area contributed by atoms with Crippen LogP contribution in [0, 0.1) is 11.3 Å². The normalized spacial score (nSPS) is 17.3. The Morgan fingerprint density at radius 1 is 1.17 bits per heavy atom. The van der Waals surface area contributed by atoms with E-state index >= 15 is 0 Å². The van der Waals surface area contributed by atoms with E-state index in [0.29, 0.717) is 17.2 Å². The summed E-state index contributed by atoms with van der Waals surface area (Å²) in [5.74, 6) is -0.126. The molecule has 2 N–H and O–H groups in total. The fraction of sp³-hybridized carbons (Fsp3) is 0.238. The van der Waals surface area contributed by atoms with Crippen LogP contribution in [0.25, 0.3) is 0 Å². The molecule has 2 aromatic rings. The Bertz CT molecular complexity index is 1000. The number of carbonyl (C=O) groups is 1. The summed E-state index contributed by atoms with van der Waals surface area (Å²) in [6.07, 6.45) is 1.63. The van der Waals surface area contributed by atoms with Crippen LogP contribution in [0.4, 0.5) is 11.4 Å². The highest BCUT2D eigenvalue weighted by molar-refractivity contribution is 6.12. The molecule has 1 fully saturated rings. The second-order valence-electron chi connectivity index (χ2n) is 6.57. The van der Waals surface area contributed by atoms with Crippen molar-refractivity contribution in [3.05, 3.63) is 65.6 Å². The van der Waals surface area contributed by atoms with Gasteiger partial charge >= 0.3 is 5.97 Å². The predicted octanol–water partition coefficient (Wildman–Crippen LogP) is 1.96. The van der Waals surface area contributed by atoms with E-state index in [4.69, 9.17) is 9.73 Å². The molecule has 2 aliphatic heterocycles. The molecule has 0 spiro atoms. The Morgan fingerprint density at radius 2 is 1.97 bits per heavy atom. The maximum atomic E-state index is 12.7. The Morgan fingerprint density at radius 3 is 2.72 bits per heavy atom. The van der Waals surface area contributed by atoms with Crippen LogP contribution in [-0.2, 0) is 16.1 Å². The van der Waals surface area contributed by atoms with Crippen molar-refractivity contribution in [3.63, 3.8) is 0 Å². The van der Waals surface area contributed by atoms with Gasteiger partial charge in [-0.15, -0.1) is 0 Å². The van der Waals surface area contributed by atoms with Crippen molar-refractivity contribution < 1.29 is 9.53 Å². The highest BCUT2D eigenvalue weighted by Crippen LogP contribution is 2.32. The van der Waals surface area contributed by atoms with Crippen LogP contribution >= 0.6 is 0 Å². The van der Waals surface area contributed by atoms with Crippen molar-refractivity contribution in [2.24, 2.45) is 4.99 Å². The fourth-order valence-electron chi connectivity index (χ4n) is 3.22. The number of hydrogen-bond acceptors (Lipinski definition) is 8. The summed E-state index contributed by atoms with van der Waals surface area (Å²) in [5.41, 5.74) is 2.39. The summed E-state index contributed by atoms with van der Waals surface area (Å²) < 4.78 is 5.35. The molecule has 2 aliphatic rings. The minimum Gasteiger partial charge on any atom is -0.455 e. The van der Waals surface area contributed by atoms with Crippen molar-refractivity contribution in [3.8, 4) is 6.07 Å². The molecule has 1 aromatic heterocycles. The number of pyridine rings is 1. The number of nitrogens with zero attached hydrogens (tertiary/aromatic N) is 4. The Labute approximate surface area is 168 Å².